The van der Waals surface area contributed by atoms with Crippen molar-refractivity contribution in [2.24, 2.45) is 0 Å². The van der Waals surface area contributed by atoms with Crippen molar-refractivity contribution in [2.45, 2.75) is 0 Å². The van der Waals surface area contributed by atoms with Gasteiger partial charge in [0.1, 0.15) is 5.82 Å². The van der Waals surface area contributed by atoms with Crippen LogP contribution in [0.2, 0.25) is 0 Å². The number of nitrogens with one attached hydrogen (secondary N) is 2. The van der Waals surface area contributed by atoms with E-state index in [9.17, 15) is 4.79 Å². The summed E-state index contributed by atoms with van der Waals surface area (Å²) in [6.45, 7) is 5.85. The Hall–Kier alpha value is -3.76. The summed E-state index contributed by atoms with van der Waals surface area (Å²) < 4.78 is 11.0. The number of carbonyl (C=O) groups excluding carboxylic acids is 1. The van der Waals surface area contributed by atoms with E-state index < -0.39 is 0 Å². The Morgan fingerprint density at radius 2 is 1.35 bits per heavy atom. The van der Waals surface area contributed by atoms with Gasteiger partial charge in [-0.25, -0.2) is 9.78 Å². The second kappa shape index (κ2) is 10.4. The van der Waals surface area contributed by atoms with Crippen LogP contribution in [0.5, 0.6) is 0 Å². The van der Waals surface area contributed by atoms with E-state index in [1.54, 1.807) is 24.5 Å². The van der Waals surface area contributed by atoms with Crippen LogP contribution in [0.25, 0.3) is 11.3 Å². The maximum absolute atomic E-state index is 12.3. The number of carbonyl (C=O) groups is 1. The fourth-order valence-corrected chi connectivity index (χ4v) is 3.88. The van der Waals surface area contributed by atoms with E-state index in [0.29, 0.717) is 43.8 Å². The van der Waals surface area contributed by atoms with Crippen LogP contribution in [-0.4, -0.2) is 73.6 Å². The van der Waals surface area contributed by atoms with Gasteiger partial charge >= 0.3 is 6.03 Å². The zero-order valence-corrected chi connectivity index (χ0v) is 18.8. The second-order valence-electron chi connectivity index (χ2n) is 8.00. The summed E-state index contributed by atoms with van der Waals surface area (Å²) in [4.78, 5) is 30.4. The molecule has 0 spiro atoms. The van der Waals surface area contributed by atoms with Crippen molar-refractivity contribution >= 4 is 29.2 Å². The molecule has 4 heterocycles. The molecular weight excluding hydrogens is 434 g/mol. The van der Waals surface area contributed by atoms with Crippen LogP contribution in [0.1, 0.15) is 0 Å². The van der Waals surface area contributed by atoms with Crippen molar-refractivity contribution in [2.75, 3.05) is 73.0 Å². The third-order valence-electron chi connectivity index (χ3n) is 5.71. The summed E-state index contributed by atoms with van der Waals surface area (Å²) in [5.41, 5.74) is 3.15. The molecule has 5 rings (SSSR count). The number of urea groups is 1. The Kier molecular flexibility index (Phi) is 6.78. The highest BCUT2D eigenvalue weighted by atomic mass is 16.5. The predicted molar refractivity (Wildman–Crippen MR) is 130 cm³/mol. The number of anilines is 4. The van der Waals surface area contributed by atoms with Gasteiger partial charge in [-0.2, -0.15) is 4.98 Å². The predicted octanol–water partition coefficient (Wildman–Crippen LogP) is 2.86. The topological polar surface area (TPSA) is 105 Å². The third-order valence-corrected chi connectivity index (χ3v) is 5.71. The number of morpholine rings is 2. The maximum Gasteiger partial charge on any atom is 0.323 e. The Bertz CT molecular complexity index is 1060. The maximum atomic E-state index is 12.3. The van der Waals surface area contributed by atoms with E-state index >= 15 is 0 Å². The normalized spacial score (nSPS) is 16.2. The number of pyridine rings is 1. The first-order chi connectivity index (χ1) is 16.7. The standard InChI is InChI=1S/C24H27N7O3/c32-24(27-20-5-7-25-8-6-20)26-19-3-1-18(2-4-19)21-17-22(30-9-13-33-14-10-30)29-23(28-21)31-11-15-34-16-12-31/h1-8,17H,9-16H2,(H2,25,26,27,32). The number of aromatic nitrogens is 3. The van der Waals surface area contributed by atoms with Gasteiger partial charge in [-0.1, -0.05) is 12.1 Å². The first-order valence-electron chi connectivity index (χ1n) is 11.4. The molecule has 1 aromatic carbocycles. The SMILES string of the molecule is O=C(Nc1ccncc1)Nc1ccc(-c2cc(N3CCOCC3)nc(N3CCOCC3)n2)cc1. The molecule has 2 amide bonds. The number of benzene rings is 1. The molecule has 2 fully saturated rings. The van der Waals surface area contributed by atoms with Gasteiger partial charge in [-0.05, 0) is 24.3 Å². The quantitative estimate of drug-likeness (QED) is 0.598. The van der Waals surface area contributed by atoms with E-state index in [1.807, 2.05) is 30.3 Å². The molecule has 2 saturated heterocycles. The van der Waals surface area contributed by atoms with E-state index in [-0.39, 0.29) is 6.03 Å². The van der Waals surface area contributed by atoms with Crippen LogP contribution in [0.4, 0.5) is 27.9 Å². The molecule has 176 valence electrons. The fourth-order valence-electron chi connectivity index (χ4n) is 3.88. The summed E-state index contributed by atoms with van der Waals surface area (Å²) in [6.07, 6.45) is 3.25. The molecular formula is C24H27N7O3. The molecule has 0 bridgehead atoms. The van der Waals surface area contributed by atoms with Gasteiger partial charge in [-0.3, -0.25) is 4.98 Å². The molecule has 0 atom stereocenters. The molecule has 0 unspecified atom stereocenters. The second-order valence-corrected chi connectivity index (χ2v) is 8.00. The molecule has 0 aliphatic carbocycles. The number of rotatable bonds is 5. The number of hydrogen-bond donors (Lipinski definition) is 2. The first-order valence-corrected chi connectivity index (χ1v) is 11.4. The van der Waals surface area contributed by atoms with E-state index in [1.165, 1.54) is 0 Å². The van der Waals surface area contributed by atoms with Crippen molar-refractivity contribution in [1.29, 1.82) is 0 Å². The highest BCUT2D eigenvalue weighted by Gasteiger charge is 2.20. The smallest absolute Gasteiger partial charge is 0.323 e. The minimum absolute atomic E-state index is 0.315. The van der Waals surface area contributed by atoms with Gasteiger partial charge in [0.25, 0.3) is 0 Å². The minimum atomic E-state index is -0.315. The summed E-state index contributed by atoms with van der Waals surface area (Å²) in [5.74, 6) is 1.61. The van der Waals surface area contributed by atoms with Crippen LogP contribution in [-0.2, 0) is 9.47 Å². The number of amides is 2. The summed E-state index contributed by atoms with van der Waals surface area (Å²) in [7, 11) is 0. The Morgan fingerprint density at radius 3 is 2.00 bits per heavy atom. The summed E-state index contributed by atoms with van der Waals surface area (Å²) in [5, 5.41) is 5.63. The highest BCUT2D eigenvalue weighted by Crippen LogP contribution is 2.27. The van der Waals surface area contributed by atoms with Crippen molar-refractivity contribution in [1.82, 2.24) is 15.0 Å². The number of ether oxygens (including phenoxy) is 2. The van der Waals surface area contributed by atoms with Crippen LogP contribution in [0, 0.1) is 0 Å². The fraction of sp³-hybridized carbons (Fsp3) is 0.333. The minimum Gasteiger partial charge on any atom is -0.378 e. The van der Waals surface area contributed by atoms with Crippen molar-refractivity contribution in [3.8, 4) is 11.3 Å². The van der Waals surface area contributed by atoms with Crippen LogP contribution in [0.15, 0.2) is 54.9 Å². The molecule has 0 radical (unpaired) electrons. The molecule has 2 N–H and O–H groups in total. The lowest BCUT2D eigenvalue weighted by Gasteiger charge is -2.31. The molecule has 3 aromatic rings. The monoisotopic (exact) mass is 461 g/mol. The zero-order valence-electron chi connectivity index (χ0n) is 18.8. The average molecular weight is 462 g/mol. The first kappa shape index (κ1) is 22.1. The molecule has 34 heavy (non-hydrogen) atoms. The lowest BCUT2D eigenvalue weighted by atomic mass is 10.1. The van der Waals surface area contributed by atoms with Crippen LogP contribution < -0.4 is 20.4 Å². The van der Waals surface area contributed by atoms with Gasteiger partial charge in [0.15, 0.2) is 0 Å². The largest absolute Gasteiger partial charge is 0.378 e. The van der Waals surface area contributed by atoms with E-state index in [0.717, 1.165) is 43.3 Å². The summed E-state index contributed by atoms with van der Waals surface area (Å²) >= 11 is 0. The van der Waals surface area contributed by atoms with Crippen molar-refractivity contribution in [3.63, 3.8) is 0 Å². The Balaban J connectivity index is 1.35. The highest BCUT2D eigenvalue weighted by molar-refractivity contribution is 5.99. The number of nitrogens with zero attached hydrogens (tertiary/aromatic N) is 5. The van der Waals surface area contributed by atoms with Crippen molar-refractivity contribution < 1.29 is 14.3 Å². The molecule has 10 heteroatoms. The third kappa shape index (κ3) is 5.41. The molecule has 2 aromatic heterocycles. The molecule has 2 aliphatic rings. The van der Waals surface area contributed by atoms with Crippen molar-refractivity contribution in [3.05, 3.63) is 54.9 Å². The van der Waals surface area contributed by atoms with Gasteiger partial charge in [0.05, 0.1) is 32.1 Å². The average Bonchev–Trinajstić information content (AvgIpc) is 2.90. The van der Waals surface area contributed by atoms with E-state index in [4.69, 9.17) is 19.4 Å². The van der Waals surface area contributed by atoms with E-state index in [2.05, 4.69) is 25.4 Å². The zero-order chi connectivity index (χ0) is 23.2. The summed E-state index contributed by atoms with van der Waals surface area (Å²) in [6, 6.07) is 12.8. The molecule has 2 aliphatic heterocycles. The van der Waals surface area contributed by atoms with Gasteiger partial charge < -0.3 is 29.9 Å². The van der Waals surface area contributed by atoms with Crippen LogP contribution in [0.3, 0.4) is 0 Å². The number of hydrogen-bond acceptors (Lipinski definition) is 8. The van der Waals surface area contributed by atoms with Gasteiger partial charge in [-0.15, -0.1) is 0 Å². The van der Waals surface area contributed by atoms with Gasteiger partial charge in [0, 0.05) is 61.6 Å². The van der Waals surface area contributed by atoms with Gasteiger partial charge in [0.2, 0.25) is 5.95 Å². The molecule has 10 nitrogen and oxygen atoms in total. The Labute approximate surface area is 197 Å². The molecule has 0 saturated carbocycles. The Morgan fingerprint density at radius 1 is 0.765 bits per heavy atom. The lowest BCUT2D eigenvalue weighted by molar-refractivity contribution is 0.121. The lowest BCUT2D eigenvalue weighted by Crippen LogP contribution is -2.39. The van der Waals surface area contributed by atoms with Crippen LogP contribution >= 0.6 is 0 Å².